The molecule has 1 atom stereocenters. The van der Waals surface area contributed by atoms with E-state index >= 15 is 0 Å². The molecule has 2 rings (SSSR count). The van der Waals surface area contributed by atoms with Crippen molar-refractivity contribution in [1.82, 2.24) is 10.6 Å². The molecule has 8 nitrogen and oxygen atoms in total. The van der Waals surface area contributed by atoms with Gasteiger partial charge < -0.3 is 27.2 Å². The van der Waals surface area contributed by atoms with Crippen LogP contribution in [0, 0.1) is 0 Å². The zero-order valence-electron chi connectivity index (χ0n) is 12.5. The second-order valence-electron chi connectivity index (χ2n) is 5.11. The Labute approximate surface area is 133 Å². The number of nitrogens with zero attached hydrogens (tertiary/aromatic N) is 1. The molecule has 0 aliphatic carbocycles. The van der Waals surface area contributed by atoms with E-state index in [4.69, 9.17) is 11.5 Å². The Kier molecular flexibility index (Phi) is 5.19. The van der Waals surface area contributed by atoms with E-state index in [0.717, 1.165) is 0 Å². The van der Waals surface area contributed by atoms with Crippen molar-refractivity contribution in [1.29, 1.82) is 0 Å². The first-order chi connectivity index (χ1) is 11.0. The molecule has 0 unspecified atom stereocenters. The maximum atomic E-state index is 12.1. The summed E-state index contributed by atoms with van der Waals surface area (Å²) in [7, 11) is 0. The highest BCUT2D eigenvalue weighted by molar-refractivity contribution is 6.07. The standard InChI is InChI=1S/C15H19N5O3/c16-15(17)18-7-1-2-11-13(22)20-12(14(23)19-11)8-9-3-5-10(21)6-4-9/h3-6,8,11,21H,1-2,7H2,(H,19,23)(H,20,22)(H4,16,17,18)/b12-8-/t11-/m0/s1. The van der Waals surface area contributed by atoms with Gasteiger partial charge in [-0.15, -0.1) is 0 Å². The fourth-order valence-electron chi connectivity index (χ4n) is 2.12. The quantitative estimate of drug-likeness (QED) is 0.213. The molecule has 1 aliphatic heterocycles. The maximum Gasteiger partial charge on any atom is 0.268 e. The maximum absolute atomic E-state index is 12.1. The van der Waals surface area contributed by atoms with Gasteiger partial charge in [0, 0.05) is 6.54 Å². The highest BCUT2D eigenvalue weighted by Crippen LogP contribution is 2.14. The van der Waals surface area contributed by atoms with Crippen LogP contribution in [0.4, 0.5) is 0 Å². The van der Waals surface area contributed by atoms with Gasteiger partial charge in [0.1, 0.15) is 17.5 Å². The van der Waals surface area contributed by atoms with Crippen molar-refractivity contribution in [3.63, 3.8) is 0 Å². The summed E-state index contributed by atoms with van der Waals surface area (Å²) in [5, 5.41) is 14.5. The normalized spacial score (nSPS) is 19.1. The fraction of sp³-hybridized carbons (Fsp3) is 0.267. The van der Waals surface area contributed by atoms with Crippen molar-refractivity contribution >= 4 is 23.8 Å². The molecule has 2 amide bonds. The Morgan fingerprint density at radius 1 is 1.26 bits per heavy atom. The van der Waals surface area contributed by atoms with E-state index in [-0.39, 0.29) is 29.2 Å². The van der Waals surface area contributed by atoms with Gasteiger partial charge in [0.15, 0.2) is 5.96 Å². The van der Waals surface area contributed by atoms with Crippen LogP contribution in [0.5, 0.6) is 5.75 Å². The Morgan fingerprint density at radius 2 is 1.96 bits per heavy atom. The topological polar surface area (TPSA) is 143 Å². The first-order valence-corrected chi connectivity index (χ1v) is 7.13. The summed E-state index contributed by atoms with van der Waals surface area (Å²) >= 11 is 0. The number of carbonyl (C=O) groups excluding carboxylic acids is 2. The number of aliphatic imine (C=N–C) groups is 1. The molecule has 1 aromatic carbocycles. The van der Waals surface area contributed by atoms with E-state index in [1.807, 2.05) is 0 Å². The van der Waals surface area contributed by atoms with Crippen LogP contribution < -0.4 is 22.1 Å². The molecule has 1 saturated heterocycles. The lowest BCUT2D eigenvalue weighted by molar-refractivity contribution is -0.131. The minimum absolute atomic E-state index is 0.00116. The molecule has 0 aromatic heterocycles. The average Bonchev–Trinajstić information content (AvgIpc) is 2.50. The number of rotatable bonds is 5. The number of amides is 2. The first kappa shape index (κ1) is 16.3. The Bertz CT molecular complexity index is 648. The van der Waals surface area contributed by atoms with E-state index in [9.17, 15) is 14.7 Å². The number of phenolic OH excluding ortho intramolecular Hbond substituents is 1. The Balaban J connectivity index is 1.96. The van der Waals surface area contributed by atoms with Crippen LogP contribution in [0.15, 0.2) is 35.0 Å². The van der Waals surface area contributed by atoms with Gasteiger partial charge in [0.2, 0.25) is 5.91 Å². The fourth-order valence-corrected chi connectivity index (χ4v) is 2.12. The third kappa shape index (κ3) is 4.73. The summed E-state index contributed by atoms with van der Waals surface area (Å²) in [5.74, 6) is -0.504. The number of phenols is 1. The minimum atomic E-state index is -0.603. The van der Waals surface area contributed by atoms with Crippen LogP contribution in [-0.4, -0.2) is 35.5 Å². The summed E-state index contributed by atoms with van der Waals surface area (Å²) in [6.07, 6.45) is 2.57. The van der Waals surface area contributed by atoms with Crippen LogP contribution in [-0.2, 0) is 9.59 Å². The molecule has 1 aromatic rings. The zero-order valence-corrected chi connectivity index (χ0v) is 12.5. The molecule has 8 heteroatoms. The zero-order chi connectivity index (χ0) is 16.8. The lowest BCUT2D eigenvalue weighted by Crippen LogP contribution is -2.54. The van der Waals surface area contributed by atoms with Gasteiger partial charge in [-0.25, -0.2) is 0 Å². The van der Waals surface area contributed by atoms with Crippen molar-refractivity contribution in [3.8, 4) is 5.75 Å². The number of hydrogen-bond donors (Lipinski definition) is 5. The molecule has 0 bridgehead atoms. The molecule has 122 valence electrons. The third-order valence-corrected chi connectivity index (χ3v) is 3.27. The number of piperazine rings is 1. The number of hydrogen-bond acceptors (Lipinski definition) is 4. The Morgan fingerprint density at radius 3 is 2.61 bits per heavy atom. The number of carbonyl (C=O) groups is 2. The highest BCUT2D eigenvalue weighted by atomic mass is 16.3. The number of benzene rings is 1. The molecule has 0 spiro atoms. The van der Waals surface area contributed by atoms with Crippen molar-refractivity contribution < 1.29 is 14.7 Å². The van der Waals surface area contributed by atoms with E-state index in [1.54, 1.807) is 18.2 Å². The highest BCUT2D eigenvalue weighted by Gasteiger charge is 2.29. The molecule has 1 aliphatic rings. The molecule has 0 saturated carbocycles. The molecular weight excluding hydrogens is 298 g/mol. The summed E-state index contributed by atoms with van der Waals surface area (Å²) in [4.78, 5) is 27.9. The van der Waals surface area contributed by atoms with E-state index in [2.05, 4.69) is 15.6 Å². The predicted octanol–water partition coefficient (Wildman–Crippen LogP) is -0.599. The third-order valence-electron chi connectivity index (χ3n) is 3.27. The SMILES string of the molecule is NC(N)=NCCC[C@@H]1NC(=O)/C(=C/c2ccc(O)cc2)NC1=O. The van der Waals surface area contributed by atoms with Crippen molar-refractivity contribution in [2.75, 3.05) is 6.54 Å². The Hall–Kier alpha value is -3.03. The smallest absolute Gasteiger partial charge is 0.268 e. The second-order valence-corrected chi connectivity index (χ2v) is 5.11. The van der Waals surface area contributed by atoms with Crippen LogP contribution in [0.1, 0.15) is 18.4 Å². The molecular formula is C15H19N5O3. The van der Waals surface area contributed by atoms with E-state index < -0.39 is 6.04 Å². The van der Waals surface area contributed by atoms with Gasteiger partial charge >= 0.3 is 0 Å². The van der Waals surface area contributed by atoms with Crippen LogP contribution in [0.3, 0.4) is 0 Å². The summed E-state index contributed by atoms with van der Waals surface area (Å²) in [5.41, 5.74) is 11.3. The largest absolute Gasteiger partial charge is 0.508 e. The summed E-state index contributed by atoms with van der Waals surface area (Å²) in [6, 6.07) is 5.68. The van der Waals surface area contributed by atoms with Crippen LogP contribution in [0.2, 0.25) is 0 Å². The van der Waals surface area contributed by atoms with Crippen LogP contribution >= 0.6 is 0 Å². The molecule has 7 N–H and O–H groups in total. The summed E-state index contributed by atoms with van der Waals surface area (Å²) in [6.45, 7) is 0.401. The predicted molar refractivity (Wildman–Crippen MR) is 86.1 cm³/mol. The van der Waals surface area contributed by atoms with Crippen molar-refractivity contribution in [2.24, 2.45) is 16.5 Å². The molecule has 1 fully saturated rings. The van der Waals surface area contributed by atoms with E-state index in [1.165, 1.54) is 12.1 Å². The van der Waals surface area contributed by atoms with Gasteiger partial charge in [-0.05, 0) is 36.6 Å². The van der Waals surface area contributed by atoms with Gasteiger partial charge in [0.05, 0.1) is 0 Å². The number of aromatic hydroxyl groups is 1. The molecule has 1 heterocycles. The minimum Gasteiger partial charge on any atom is -0.508 e. The van der Waals surface area contributed by atoms with Gasteiger partial charge in [-0.3, -0.25) is 14.6 Å². The van der Waals surface area contributed by atoms with Gasteiger partial charge in [-0.1, -0.05) is 12.1 Å². The number of nitrogens with one attached hydrogen (secondary N) is 2. The van der Waals surface area contributed by atoms with Crippen molar-refractivity contribution in [2.45, 2.75) is 18.9 Å². The lowest BCUT2D eigenvalue weighted by Gasteiger charge is -2.25. The molecule has 23 heavy (non-hydrogen) atoms. The summed E-state index contributed by atoms with van der Waals surface area (Å²) < 4.78 is 0. The lowest BCUT2D eigenvalue weighted by atomic mass is 10.1. The number of nitrogens with two attached hydrogens (primary N) is 2. The van der Waals surface area contributed by atoms with Crippen molar-refractivity contribution in [3.05, 3.63) is 35.5 Å². The number of guanidine groups is 1. The van der Waals surface area contributed by atoms with Gasteiger partial charge in [-0.2, -0.15) is 0 Å². The van der Waals surface area contributed by atoms with Crippen LogP contribution in [0.25, 0.3) is 6.08 Å². The second kappa shape index (κ2) is 7.30. The molecule has 0 radical (unpaired) electrons. The van der Waals surface area contributed by atoms with Gasteiger partial charge in [0.25, 0.3) is 5.91 Å². The first-order valence-electron chi connectivity index (χ1n) is 7.13. The monoisotopic (exact) mass is 317 g/mol. The van der Waals surface area contributed by atoms with E-state index in [0.29, 0.717) is 24.9 Å². The average molecular weight is 317 g/mol.